The summed E-state index contributed by atoms with van der Waals surface area (Å²) in [5.74, 6) is -7.38. The first-order chi connectivity index (χ1) is 5.57. The number of rotatable bonds is 1. The minimum Gasteiger partial charge on any atom is -0.493 e. The molecule has 0 bridgehead atoms. The Bertz CT molecular complexity index is 311. The Labute approximate surface area is 65.6 Å². The van der Waals surface area contributed by atoms with Gasteiger partial charge in [0.05, 0.1) is 7.11 Å². The Hall–Kier alpha value is -1.26. The zero-order valence-electron chi connectivity index (χ0n) is 6.00. The normalized spacial score (nSPS) is 10.1. The van der Waals surface area contributed by atoms with Gasteiger partial charge in [-0.15, -0.1) is 0 Å². The van der Waals surface area contributed by atoms with Gasteiger partial charge >= 0.3 is 0 Å². The van der Waals surface area contributed by atoms with Crippen molar-refractivity contribution in [2.45, 2.75) is 0 Å². The third-order valence-electron chi connectivity index (χ3n) is 1.29. The Morgan fingerprint density at radius 2 is 1.58 bits per heavy atom. The van der Waals surface area contributed by atoms with Crippen LogP contribution in [0.25, 0.3) is 0 Å². The summed E-state index contributed by atoms with van der Waals surface area (Å²) in [4.78, 5) is 0. The van der Waals surface area contributed by atoms with Crippen molar-refractivity contribution in [1.82, 2.24) is 0 Å². The number of hydrogen-bond acceptors (Lipinski definition) is 1. The summed E-state index contributed by atoms with van der Waals surface area (Å²) < 4.78 is 53.8. The van der Waals surface area contributed by atoms with Gasteiger partial charge in [-0.25, -0.2) is 13.2 Å². The first-order valence-electron chi connectivity index (χ1n) is 2.95. The standard InChI is InChI=1S/C7H4F4O/c1-12-4-2-3(8)5(9)7(11)6(4)10/h2H,1H3. The van der Waals surface area contributed by atoms with Crippen molar-refractivity contribution in [3.63, 3.8) is 0 Å². The number of benzene rings is 1. The van der Waals surface area contributed by atoms with E-state index in [2.05, 4.69) is 4.74 Å². The molecular weight excluding hydrogens is 176 g/mol. The van der Waals surface area contributed by atoms with Crippen molar-refractivity contribution in [1.29, 1.82) is 0 Å². The van der Waals surface area contributed by atoms with E-state index in [0.717, 1.165) is 7.11 Å². The molecular formula is C7H4F4O. The van der Waals surface area contributed by atoms with Gasteiger partial charge in [-0.1, -0.05) is 0 Å². The van der Waals surface area contributed by atoms with Crippen LogP contribution in [-0.4, -0.2) is 7.11 Å². The molecule has 12 heavy (non-hydrogen) atoms. The second-order valence-electron chi connectivity index (χ2n) is 2.00. The molecule has 1 aromatic rings. The Morgan fingerprint density at radius 1 is 1.00 bits per heavy atom. The molecule has 1 rings (SSSR count). The molecule has 0 atom stereocenters. The van der Waals surface area contributed by atoms with Crippen LogP contribution in [0.3, 0.4) is 0 Å². The van der Waals surface area contributed by atoms with E-state index in [-0.39, 0.29) is 0 Å². The van der Waals surface area contributed by atoms with Gasteiger partial charge in [-0.05, 0) is 0 Å². The van der Waals surface area contributed by atoms with Crippen LogP contribution in [0.4, 0.5) is 17.6 Å². The highest BCUT2D eigenvalue weighted by molar-refractivity contribution is 5.27. The van der Waals surface area contributed by atoms with Gasteiger partial charge < -0.3 is 4.74 Å². The van der Waals surface area contributed by atoms with E-state index < -0.39 is 29.0 Å². The van der Waals surface area contributed by atoms with Crippen molar-refractivity contribution in [3.05, 3.63) is 29.3 Å². The second-order valence-corrected chi connectivity index (χ2v) is 2.00. The maximum atomic E-state index is 12.5. The lowest BCUT2D eigenvalue weighted by Gasteiger charge is -2.03. The molecule has 66 valence electrons. The Balaban J connectivity index is 3.39. The molecule has 0 heterocycles. The fourth-order valence-corrected chi connectivity index (χ4v) is 0.700. The highest BCUT2D eigenvalue weighted by Gasteiger charge is 2.18. The van der Waals surface area contributed by atoms with Gasteiger partial charge in [0, 0.05) is 6.07 Å². The van der Waals surface area contributed by atoms with Crippen LogP contribution >= 0.6 is 0 Å². The van der Waals surface area contributed by atoms with Crippen LogP contribution in [0.5, 0.6) is 5.75 Å². The van der Waals surface area contributed by atoms with E-state index in [1.165, 1.54) is 0 Å². The quantitative estimate of drug-likeness (QED) is 0.366. The summed E-state index contributed by atoms with van der Waals surface area (Å²) >= 11 is 0. The van der Waals surface area contributed by atoms with Crippen LogP contribution in [0.15, 0.2) is 6.07 Å². The average molecular weight is 180 g/mol. The molecule has 5 heteroatoms. The predicted octanol–water partition coefficient (Wildman–Crippen LogP) is 2.25. The van der Waals surface area contributed by atoms with Crippen LogP contribution in [-0.2, 0) is 0 Å². The van der Waals surface area contributed by atoms with Gasteiger partial charge in [-0.3, -0.25) is 0 Å². The second kappa shape index (κ2) is 3.00. The van der Waals surface area contributed by atoms with Gasteiger partial charge in [0.1, 0.15) is 0 Å². The van der Waals surface area contributed by atoms with Gasteiger partial charge in [0.15, 0.2) is 17.4 Å². The zero-order chi connectivity index (χ0) is 9.30. The topological polar surface area (TPSA) is 9.23 Å². The smallest absolute Gasteiger partial charge is 0.203 e. The molecule has 0 saturated heterocycles. The van der Waals surface area contributed by atoms with E-state index in [4.69, 9.17) is 0 Å². The molecule has 0 fully saturated rings. The van der Waals surface area contributed by atoms with Gasteiger partial charge in [0.2, 0.25) is 11.6 Å². The van der Waals surface area contributed by atoms with E-state index in [0.29, 0.717) is 6.07 Å². The monoisotopic (exact) mass is 180 g/mol. The van der Waals surface area contributed by atoms with Crippen molar-refractivity contribution in [2.24, 2.45) is 0 Å². The molecule has 0 radical (unpaired) electrons. The van der Waals surface area contributed by atoms with Crippen LogP contribution in [0.1, 0.15) is 0 Å². The minimum absolute atomic E-state index is 0.438. The largest absolute Gasteiger partial charge is 0.493 e. The SMILES string of the molecule is COc1cc(F)c(F)c(F)c1F. The highest BCUT2D eigenvalue weighted by atomic mass is 19.2. The van der Waals surface area contributed by atoms with Crippen LogP contribution < -0.4 is 4.74 Å². The zero-order valence-corrected chi connectivity index (χ0v) is 6.00. The minimum atomic E-state index is -1.87. The first kappa shape index (κ1) is 8.83. The summed E-state index contributed by atoms with van der Waals surface area (Å²) in [5, 5.41) is 0. The van der Waals surface area contributed by atoms with Crippen molar-refractivity contribution in [3.8, 4) is 5.75 Å². The average Bonchev–Trinajstić information content (AvgIpc) is 2.08. The maximum Gasteiger partial charge on any atom is 0.203 e. The number of methoxy groups -OCH3 is 1. The Kier molecular flexibility index (Phi) is 2.21. The molecule has 0 saturated carbocycles. The lowest BCUT2D eigenvalue weighted by atomic mass is 10.3. The lowest BCUT2D eigenvalue weighted by Crippen LogP contribution is -1.98. The molecule has 0 N–H and O–H groups in total. The number of ether oxygens (including phenoxy) is 1. The highest BCUT2D eigenvalue weighted by Crippen LogP contribution is 2.23. The Morgan fingerprint density at radius 3 is 2.08 bits per heavy atom. The molecule has 1 nitrogen and oxygen atoms in total. The third kappa shape index (κ3) is 1.22. The predicted molar refractivity (Wildman–Crippen MR) is 32.8 cm³/mol. The lowest BCUT2D eigenvalue weighted by molar-refractivity contribution is 0.346. The number of hydrogen-bond donors (Lipinski definition) is 0. The molecule has 0 aliphatic heterocycles. The molecule has 0 aliphatic carbocycles. The molecule has 0 amide bonds. The van der Waals surface area contributed by atoms with Crippen LogP contribution in [0.2, 0.25) is 0 Å². The molecule has 0 aromatic heterocycles. The van der Waals surface area contributed by atoms with Crippen molar-refractivity contribution in [2.75, 3.05) is 7.11 Å². The summed E-state index contributed by atoms with van der Waals surface area (Å²) in [6.45, 7) is 0. The van der Waals surface area contributed by atoms with Gasteiger partial charge in [-0.2, -0.15) is 4.39 Å². The fourth-order valence-electron chi connectivity index (χ4n) is 0.700. The third-order valence-corrected chi connectivity index (χ3v) is 1.29. The summed E-state index contributed by atoms with van der Waals surface area (Å²) in [5.41, 5.74) is 0. The van der Waals surface area contributed by atoms with E-state index >= 15 is 0 Å². The van der Waals surface area contributed by atoms with E-state index in [1.807, 2.05) is 0 Å². The van der Waals surface area contributed by atoms with Crippen molar-refractivity contribution >= 4 is 0 Å². The molecule has 0 spiro atoms. The molecule has 1 aromatic carbocycles. The number of halogens is 4. The van der Waals surface area contributed by atoms with Crippen LogP contribution in [0, 0.1) is 23.3 Å². The maximum absolute atomic E-state index is 12.5. The van der Waals surface area contributed by atoms with Crippen molar-refractivity contribution < 1.29 is 22.3 Å². The van der Waals surface area contributed by atoms with E-state index in [1.54, 1.807) is 0 Å². The molecule has 0 aliphatic rings. The van der Waals surface area contributed by atoms with E-state index in [9.17, 15) is 17.6 Å². The fraction of sp³-hybridized carbons (Fsp3) is 0.143. The summed E-state index contributed by atoms with van der Waals surface area (Å²) in [7, 11) is 1.02. The summed E-state index contributed by atoms with van der Waals surface area (Å²) in [6.07, 6.45) is 0. The molecule has 0 unspecified atom stereocenters. The summed E-state index contributed by atoms with van der Waals surface area (Å²) in [6, 6.07) is 0.438. The first-order valence-corrected chi connectivity index (χ1v) is 2.95. The van der Waals surface area contributed by atoms with Gasteiger partial charge in [0.25, 0.3) is 0 Å².